The first-order chi connectivity index (χ1) is 15.6. The summed E-state index contributed by atoms with van der Waals surface area (Å²) in [7, 11) is 0. The van der Waals surface area contributed by atoms with Crippen molar-refractivity contribution in [2.24, 2.45) is 0 Å². The third-order valence-corrected chi connectivity index (χ3v) is 5.59. The van der Waals surface area contributed by atoms with Crippen molar-refractivity contribution in [3.05, 3.63) is 78.1 Å². The lowest BCUT2D eigenvalue weighted by atomic mass is 10.0. The summed E-state index contributed by atoms with van der Waals surface area (Å²) in [6, 6.07) is 15.4. The molecule has 2 amide bonds. The SMILES string of the molecule is O=C(CCc1ncc(-c2ccccc2F)o1)NC(Cc1ccccc1)C(=O)N1CCCC1. The molecule has 2 heterocycles. The number of aryl methyl sites for hydroxylation is 1. The fourth-order valence-electron chi connectivity index (χ4n) is 3.91. The summed E-state index contributed by atoms with van der Waals surface area (Å²) < 4.78 is 19.6. The number of carbonyl (C=O) groups is 2. The minimum absolute atomic E-state index is 0.0438. The molecule has 1 aliphatic heterocycles. The molecule has 2 aromatic carbocycles. The molecule has 1 atom stereocenters. The van der Waals surface area contributed by atoms with E-state index in [2.05, 4.69) is 10.3 Å². The lowest BCUT2D eigenvalue weighted by molar-refractivity contribution is -0.135. The Bertz CT molecular complexity index is 1060. The van der Waals surface area contributed by atoms with Gasteiger partial charge in [0.15, 0.2) is 11.7 Å². The van der Waals surface area contributed by atoms with Crippen LogP contribution in [0, 0.1) is 5.82 Å². The molecule has 6 nitrogen and oxygen atoms in total. The van der Waals surface area contributed by atoms with Gasteiger partial charge in [-0.1, -0.05) is 42.5 Å². The second-order valence-corrected chi connectivity index (χ2v) is 7.94. The van der Waals surface area contributed by atoms with Gasteiger partial charge in [0.25, 0.3) is 0 Å². The highest BCUT2D eigenvalue weighted by Gasteiger charge is 2.28. The van der Waals surface area contributed by atoms with Crippen LogP contribution in [0.1, 0.15) is 30.7 Å². The van der Waals surface area contributed by atoms with Gasteiger partial charge in [-0.2, -0.15) is 0 Å². The van der Waals surface area contributed by atoms with E-state index in [4.69, 9.17) is 4.42 Å². The highest BCUT2D eigenvalue weighted by Crippen LogP contribution is 2.23. The molecule has 1 aliphatic rings. The predicted molar refractivity (Wildman–Crippen MR) is 118 cm³/mol. The van der Waals surface area contributed by atoms with Crippen LogP contribution in [0.2, 0.25) is 0 Å². The Labute approximate surface area is 186 Å². The van der Waals surface area contributed by atoms with Crippen molar-refractivity contribution in [1.82, 2.24) is 15.2 Å². The number of carbonyl (C=O) groups excluding carboxylic acids is 2. The molecule has 166 valence electrons. The Kier molecular flexibility index (Phi) is 6.94. The zero-order chi connectivity index (χ0) is 22.3. The molecule has 0 saturated carbocycles. The number of likely N-dealkylation sites (tertiary alicyclic amines) is 1. The van der Waals surface area contributed by atoms with Crippen LogP contribution >= 0.6 is 0 Å². The summed E-state index contributed by atoms with van der Waals surface area (Å²) in [5, 5.41) is 2.90. The van der Waals surface area contributed by atoms with E-state index in [-0.39, 0.29) is 24.7 Å². The molecule has 0 aliphatic carbocycles. The number of aromatic nitrogens is 1. The van der Waals surface area contributed by atoms with Crippen LogP contribution in [-0.2, 0) is 22.4 Å². The molecule has 4 rings (SSSR count). The van der Waals surface area contributed by atoms with Crippen LogP contribution in [-0.4, -0.2) is 40.8 Å². The van der Waals surface area contributed by atoms with Gasteiger partial charge in [0.05, 0.1) is 11.8 Å². The van der Waals surface area contributed by atoms with Crippen molar-refractivity contribution >= 4 is 11.8 Å². The first-order valence-electron chi connectivity index (χ1n) is 10.9. The van der Waals surface area contributed by atoms with Crippen molar-refractivity contribution in [3.63, 3.8) is 0 Å². The normalized spacial score (nSPS) is 14.3. The summed E-state index contributed by atoms with van der Waals surface area (Å²) in [4.78, 5) is 31.6. The van der Waals surface area contributed by atoms with Crippen LogP contribution < -0.4 is 5.32 Å². The summed E-state index contributed by atoms with van der Waals surface area (Å²) >= 11 is 0. The van der Waals surface area contributed by atoms with E-state index in [9.17, 15) is 14.0 Å². The van der Waals surface area contributed by atoms with Gasteiger partial charge in [-0.3, -0.25) is 9.59 Å². The highest BCUT2D eigenvalue weighted by molar-refractivity contribution is 5.88. The summed E-state index contributed by atoms with van der Waals surface area (Å²) in [5.74, 6) is -0.00698. The van der Waals surface area contributed by atoms with E-state index in [1.165, 1.54) is 12.3 Å². The summed E-state index contributed by atoms with van der Waals surface area (Å²) in [6.07, 6.45) is 4.27. The fraction of sp³-hybridized carbons (Fsp3) is 0.320. The van der Waals surface area contributed by atoms with E-state index in [0.29, 0.717) is 23.6 Å². The quantitative estimate of drug-likeness (QED) is 0.585. The van der Waals surface area contributed by atoms with E-state index in [1.807, 2.05) is 35.2 Å². The van der Waals surface area contributed by atoms with E-state index < -0.39 is 11.9 Å². The molecule has 3 aromatic rings. The number of hydrogen-bond donors (Lipinski definition) is 1. The number of nitrogens with zero attached hydrogens (tertiary/aromatic N) is 2. The van der Waals surface area contributed by atoms with Gasteiger partial charge in [-0.15, -0.1) is 0 Å². The second kappa shape index (κ2) is 10.2. The van der Waals surface area contributed by atoms with E-state index >= 15 is 0 Å². The number of hydrogen-bond acceptors (Lipinski definition) is 4. The average molecular weight is 435 g/mol. The third-order valence-electron chi connectivity index (χ3n) is 5.59. The topological polar surface area (TPSA) is 75.4 Å². The lowest BCUT2D eigenvalue weighted by Crippen LogP contribution is -2.49. The Hall–Kier alpha value is -3.48. The molecule has 32 heavy (non-hydrogen) atoms. The molecule has 1 aromatic heterocycles. The molecule has 1 unspecified atom stereocenters. The first-order valence-corrected chi connectivity index (χ1v) is 10.9. The zero-order valence-electron chi connectivity index (χ0n) is 17.8. The van der Waals surface area contributed by atoms with Crippen LogP contribution in [0.3, 0.4) is 0 Å². The average Bonchev–Trinajstić information content (AvgIpc) is 3.50. The Morgan fingerprint density at radius 1 is 1.06 bits per heavy atom. The Morgan fingerprint density at radius 2 is 1.78 bits per heavy atom. The smallest absolute Gasteiger partial charge is 0.245 e. The first kappa shape index (κ1) is 21.7. The van der Waals surface area contributed by atoms with E-state index in [1.54, 1.807) is 18.2 Å². The zero-order valence-corrected chi connectivity index (χ0v) is 17.8. The number of benzene rings is 2. The van der Waals surface area contributed by atoms with Crippen molar-refractivity contribution in [2.45, 2.75) is 38.1 Å². The molecule has 1 saturated heterocycles. The maximum absolute atomic E-state index is 13.9. The van der Waals surface area contributed by atoms with Gasteiger partial charge in [0.1, 0.15) is 11.9 Å². The Balaban J connectivity index is 1.38. The molecule has 7 heteroatoms. The number of rotatable bonds is 8. The highest BCUT2D eigenvalue weighted by atomic mass is 19.1. The molecule has 1 N–H and O–H groups in total. The number of halogens is 1. The van der Waals surface area contributed by atoms with Crippen molar-refractivity contribution in [3.8, 4) is 11.3 Å². The van der Waals surface area contributed by atoms with Crippen LogP contribution in [0.4, 0.5) is 4.39 Å². The Morgan fingerprint density at radius 3 is 2.53 bits per heavy atom. The molecule has 0 radical (unpaired) electrons. The van der Waals surface area contributed by atoms with Crippen LogP contribution in [0.5, 0.6) is 0 Å². The summed E-state index contributed by atoms with van der Waals surface area (Å²) in [5.41, 5.74) is 1.32. The fourth-order valence-corrected chi connectivity index (χ4v) is 3.91. The minimum atomic E-state index is -0.610. The molecular weight excluding hydrogens is 409 g/mol. The van der Waals surface area contributed by atoms with Crippen molar-refractivity contribution in [2.75, 3.05) is 13.1 Å². The van der Waals surface area contributed by atoms with Gasteiger partial charge in [0.2, 0.25) is 11.8 Å². The maximum Gasteiger partial charge on any atom is 0.245 e. The van der Waals surface area contributed by atoms with Crippen molar-refractivity contribution < 1.29 is 18.4 Å². The largest absolute Gasteiger partial charge is 0.441 e. The molecular formula is C25H26FN3O3. The third kappa shape index (κ3) is 5.41. The second-order valence-electron chi connectivity index (χ2n) is 7.94. The van der Waals surface area contributed by atoms with Crippen LogP contribution in [0.25, 0.3) is 11.3 Å². The molecule has 0 bridgehead atoms. The summed E-state index contributed by atoms with van der Waals surface area (Å²) in [6.45, 7) is 1.46. The number of nitrogens with one attached hydrogen (secondary N) is 1. The maximum atomic E-state index is 13.9. The van der Waals surface area contributed by atoms with E-state index in [0.717, 1.165) is 31.5 Å². The van der Waals surface area contributed by atoms with Gasteiger partial charge < -0.3 is 14.6 Å². The number of oxazole rings is 1. The monoisotopic (exact) mass is 435 g/mol. The predicted octanol–water partition coefficient (Wildman–Crippen LogP) is 3.76. The lowest BCUT2D eigenvalue weighted by Gasteiger charge is -2.24. The molecule has 0 spiro atoms. The van der Waals surface area contributed by atoms with Crippen LogP contribution in [0.15, 0.2) is 65.2 Å². The standard InChI is InChI=1S/C25H26FN3O3/c26-20-11-5-4-10-19(20)22-17-27-24(32-22)13-12-23(30)28-21(16-18-8-2-1-3-9-18)25(31)29-14-6-7-15-29/h1-5,8-11,17,21H,6-7,12-16H2,(H,28,30). The van der Waals surface area contributed by atoms with Gasteiger partial charge in [-0.05, 0) is 30.5 Å². The van der Waals surface area contributed by atoms with Gasteiger partial charge in [-0.25, -0.2) is 9.37 Å². The van der Waals surface area contributed by atoms with Gasteiger partial charge in [0, 0.05) is 32.4 Å². The minimum Gasteiger partial charge on any atom is -0.441 e. The van der Waals surface area contributed by atoms with Crippen molar-refractivity contribution in [1.29, 1.82) is 0 Å². The van der Waals surface area contributed by atoms with Gasteiger partial charge >= 0.3 is 0 Å². The molecule has 1 fully saturated rings. The number of amides is 2.